The minimum atomic E-state index is -1.17. The quantitative estimate of drug-likeness (QED) is 0.277. The van der Waals surface area contributed by atoms with Crippen molar-refractivity contribution in [1.82, 2.24) is 0 Å². The molecule has 0 aliphatic heterocycles. The number of phenolic OH excluding ortho intramolecular Hbond substituents is 1. The number of ether oxygens (including phenoxy) is 2. The fourth-order valence-electron chi connectivity index (χ4n) is 3.68. The average Bonchev–Trinajstić information content (AvgIpc) is 2.87. The zero-order chi connectivity index (χ0) is 24.6. The van der Waals surface area contributed by atoms with E-state index in [1.165, 1.54) is 12.1 Å². The molecule has 35 heavy (non-hydrogen) atoms. The number of para-hydroxylation sites is 2. The van der Waals surface area contributed by atoms with Crippen molar-refractivity contribution in [2.24, 2.45) is 0 Å². The third kappa shape index (κ3) is 5.97. The van der Waals surface area contributed by atoms with Crippen molar-refractivity contribution in [3.8, 4) is 11.5 Å². The van der Waals surface area contributed by atoms with Crippen molar-refractivity contribution in [3.63, 3.8) is 0 Å². The third-order valence-electron chi connectivity index (χ3n) is 5.24. The minimum absolute atomic E-state index is 0.0680. The highest BCUT2D eigenvalue weighted by molar-refractivity contribution is 5.92. The second kappa shape index (κ2) is 10.9. The van der Waals surface area contributed by atoms with Gasteiger partial charge in [-0.3, -0.25) is 5.32 Å². The van der Waals surface area contributed by atoms with E-state index >= 15 is 0 Å². The van der Waals surface area contributed by atoms with Crippen LogP contribution in [0.4, 0.5) is 10.5 Å². The fourth-order valence-corrected chi connectivity index (χ4v) is 3.68. The first-order valence-electron chi connectivity index (χ1n) is 10.9. The van der Waals surface area contributed by atoms with Gasteiger partial charge < -0.3 is 19.7 Å². The number of hydrogen-bond acceptors (Lipinski definition) is 5. The first-order chi connectivity index (χ1) is 17.0. The van der Waals surface area contributed by atoms with Crippen LogP contribution in [-0.4, -0.2) is 28.4 Å². The number of aromatic hydroxyl groups is 1. The number of amides is 1. The SMILES string of the molecule is O=C(O)/C=C/[C@@H](Oc1ccccc1)[C@H](OC(=O)Nc1ccccc1)c1ccc(O)c2ccccc12. The smallest absolute Gasteiger partial charge is 0.412 e. The van der Waals surface area contributed by atoms with E-state index in [4.69, 9.17) is 9.47 Å². The monoisotopic (exact) mass is 469 g/mol. The van der Waals surface area contributed by atoms with Crippen LogP contribution in [0.5, 0.6) is 11.5 Å². The highest BCUT2D eigenvalue weighted by Crippen LogP contribution is 2.35. The highest BCUT2D eigenvalue weighted by Gasteiger charge is 2.29. The van der Waals surface area contributed by atoms with E-state index < -0.39 is 24.3 Å². The number of carboxylic acid groups (broad SMARTS) is 1. The molecule has 7 nitrogen and oxygen atoms in total. The summed E-state index contributed by atoms with van der Waals surface area (Å²) < 4.78 is 11.9. The lowest BCUT2D eigenvalue weighted by molar-refractivity contribution is -0.131. The lowest BCUT2D eigenvalue weighted by atomic mass is 9.96. The van der Waals surface area contributed by atoms with Crippen LogP contribution in [0.15, 0.2) is 109 Å². The Morgan fingerprint density at radius 1 is 0.800 bits per heavy atom. The molecular weight excluding hydrogens is 446 g/mol. The maximum Gasteiger partial charge on any atom is 0.412 e. The van der Waals surface area contributed by atoms with Crippen molar-refractivity contribution < 1.29 is 29.3 Å². The molecule has 0 saturated carbocycles. The van der Waals surface area contributed by atoms with Gasteiger partial charge in [0, 0.05) is 22.7 Å². The van der Waals surface area contributed by atoms with E-state index in [1.807, 2.05) is 12.1 Å². The summed E-state index contributed by atoms with van der Waals surface area (Å²) in [5.41, 5.74) is 1.08. The second-order valence-corrected chi connectivity index (χ2v) is 7.63. The summed E-state index contributed by atoms with van der Waals surface area (Å²) in [7, 11) is 0. The molecule has 0 heterocycles. The van der Waals surface area contributed by atoms with E-state index in [0.717, 1.165) is 6.08 Å². The van der Waals surface area contributed by atoms with Crippen LogP contribution in [-0.2, 0) is 9.53 Å². The van der Waals surface area contributed by atoms with Gasteiger partial charge in [-0.1, -0.05) is 66.7 Å². The number of hydrogen-bond donors (Lipinski definition) is 3. The van der Waals surface area contributed by atoms with Crippen LogP contribution in [0.1, 0.15) is 11.7 Å². The van der Waals surface area contributed by atoms with E-state index in [9.17, 15) is 19.8 Å². The summed E-state index contributed by atoms with van der Waals surface area (Å²) in [4.78, 5) is 24.3. The number of carbonyl (C=O) groups excluding carboxylic acids is 1. The first-order valence-corrected chi connectivity index (χ1v) is 10.9. The van der Waals surface area contributed by atoms with Crippen molar-refractivity contribution in [1.29, 1.82) is 0 Å². The van der Waals surface area contributed by atoms with Gasteiger partial charge in [-0.05, 0) is 41.8 Å². The molecule has 0 spiro atoms. The van der Waals surface area contributed by atoms with E-state index in [0.29, 0.717) is 27.8 Å². The number of carbonyl (C=O) groups is 2. The molecule has 7 heteroatoms. The van der Waals surface area contributed by atoms with Crippen molar-refractivity contribution in [2.45, 2.75) is 12.2 Å². The van der Waals surface area contributed by atoms with Gasteiger partial charge in [0.2, 0.25) is 0 Å². The summed E-state index contributed by atoms with van der Waals surface area (Å²) in [6.07, 6.45) is -0.522. The molecule has 4 rings (SSSR count). The largest absolute Gasteiger partial charge is 0.507 e. The molecule has 176 valence electrons. The standard InChI is InChI=1S/C28H23NO6/c30-24-16-15-23(21-13-7-8-14-22(21)24)27(35-28(33)29-19-9-3-1-4-10-19)25(17-18-26(31)32)34-20-11-5-2-6-12-20/h1-18,25,27,30H,(H,29,33)(H,31,32)/b18-17+/t25-,27-/m1/s1. The van der Waals surface area contributed by atoms with Crippen molar-refractivity contribution in [3.05, 3.63) is 115 Å². The van der Waals surface area contributed by atoms with Crippen molar-refractivity contribution >= 4 is 28.5 Å². The Labute approximate surface area is 201 Å². The molecule has 1 amide bonds. The molecule has 2 atom stereocenters. The summed E-state index contributed by atoms with van der Waals surface area (Å²) in [5, 5.41) is 23.5. The third-order valence-corrected chi connectivity index (χ3v) is 5.24. The van der Waals surface area contributed by atoms with Gasteiger partial charge in [0.1, 0.15) is 11.5 Å². The number of benzene rings is 4. The molecule has 0 aliphatic rings. The number of fused-ring (bicyclic) bond motifs is 1. The Morgan fingerprint density at radius 2 is 1.43 bits per heavy atom. The molecule has 0 fully saturated rings. The number of nitrogens with one attached hydrogen (secondary N) is 1. The van der Waals surface area contributed by atoms with Crippen LogP contribution in [0.3, 0.4) is 0 Å². The van der Waals surface area contributed by atoms with Gasteiger partial charge in [-0.15, -0.1) is 0 Å². The molecule has 0 aliphatic carbocycles. The number of phenols is 1. The van der Waals surface area contributed by atoms with Gasteiger partial charge in [0.15, 0.2) is 12.2 Å². The summed E-state index contributed by atoms with van der Waals surface area (Å²) >= 11 is 0. The van der Waals surface area contributed by atoms with Crippen LogP contribution < -0.4 is 10.1 Å². The summed E-state index contributed by atoms with van der Waals surface area (Å²) in [6, 6.07) is 27.9. The number of aliphatic carboxylic acids is 1. The lowest BCUT2D eigenvalue weighted by Gasteiger charge is -2.27. The van der Waals surface area contributed by atoms with E-state index in [2.05, 4.69) is 5.32 Å². The van der Waals surface area contributed by atoms with Gasteiger partial charge >= 0.3 is 12.1 Å². The van der Waals surface area contributed by atoms with E-state index in [1.54, 1.807) is 78.9 Å². The zero-order valence-electron chi connectivity index (χ0n) is 18.6. The molecule has 4 aromatic carbocycles. The molecule has 0 unspecified atom stereocenters. The second-order valence-electron chi connectivity index (χ2n) is 7.63. The normalized spacial score (nSPS) is 12.7. The van der Waals surface area contributed by atoms with Gasteiger partial charge in [-0.2, -0.15) is 0 Å². The molecule has 3 N–H and O–H groups in total. The Hall–Kier alpha value is -4.78. The topological polar surface area (TPSA) is 105 Å². The Kier molecular flexibility index (Phi) is 7.28. The van der Waals surface area contributed by atoms with Crippen LogP contribution in [0.2, 0.25) is 0 Å². The minimum Gasteiger partial charge on any atom is -0.507 e. The molecular formula is C28H23NO6. The predicted molar refractivity (Wildman–Crippen MR) is 133 cm³/mol. The Bertz CT molecular complexity index is 1340. The highest BCUT2D eigenvalue weighted by atomic mass is 16.6. The van der Waals surface area contributed by atoms with Gasteiger partial charge in [0.05, 0.1) is 0 Å². The molecule has 4 aromatic rings. The number of rotatable bonds is 8. The maximum absolute atomic E-state index is 12.9. The Balaban J connectivity index is 1.78. The van der Waals surface area contributed by atoms with Crippen LogP contribution in [0, 0.1) is 0 Å². The van der Waals surface area contributed by atoms with Crippen LogP contribution >= 0.6 is 0 Å². The predicted octanol–water partition coefficient (Wildman–Crippen LogP) is 5.92. The van der Waals surface area contributed by atoms with Gasteiger partial charge in [-0.25, -0.2) is 9.59 Å². The molecule has 0 bridgehead atoms. The fraction of sp³-hybridized carbons (Fsp3) is 0.0714. The maximum atomic E-state index is 12.9. The number of carboxylic acids is 1. The lowest BCUT2D eigenvalue weighted by Crippen LogP contribution is -2.30. The zero-order valence-corrected chi connectivity index (χ0v) is 18.6. The van der Waals surface area contributed by atoms with E-state index in [-0.39, 0.29) is 5.75 Å². The van der Waals surface area contributed by atoms with Crippen LogP contribution in [0.25, 0.3) is 10.8 Å². The van der Waals surface area contributed by atoms with Gasteiger partial charge in [0.25, 0.3) is 0 Å². The average molecular weight is 469 g/mol. The Morgan fingerprint density at radius 3 is 2.11 bits per heavy atom. The van der Waals surface area contributed by atoms with Crippen molar-refractivity contribution in [2.75, 3.05) is 5.32 Å². The molecule has 0 aromatic heterocycles. The molecule has 0 radical (unpaired) electrons. The summed E-state index contributed by atoms with van der Waals surface area (Å²) in [6.45, 7) is 0. The summed E-state index contributed by atoms with van der Waals surface area (Å²) in [5.74, 6) is -0.638. The molecule has 0 saturated heterocycles. The number of anilines is 1. The first kappa shape index (κ1) is 23.4.